The van der Waals surface area contributed by atoms with Crippen molar-refractivity contribution in [2.24, 2.45) is 17.4 Å². The van der Waals surface area contributed by atoms with Crippen molar-refractivity contribution >= 4 is 11.5 Å². The van der Waals surface area contributed by atoms with Crippen LogP contribution in [0.15, 0.2) is 36.0 Å². The van der Waals surface area contributed by atoms with Gasteiger partial charge in [-0.1, -0.05) is 6.08 Å². The molecule has 0 radical (unpaired) electrons. The Labute approximate surface area is 149 Å². The molecular weight excluding hydrogens is 332 g/mol. The highest BCUT2D eigenvalue weighted by Gasteiger charge is 2.33. The minimum atomic E-state index is -0.515. The Bertz CT molecular complexity index is 1000. The lowest BCUT2D eigenvalue weighted by Crippen LogP contribution is -2.20. The van der Waals surface area contributed by atoms with E-state index < -0.39 is 5.91 Å². The first-order valence-corrected chi connectivity index (χ1v) is 8.61. The summed E-state index contributed by atoms with van der Waals surface area (Å²) in [6, 6.07) is 5.61. The van der Waals surface area contributed by atoms with Crippen LogP contribution in [0.5, 0.6) is 11.5 Å². The molecule has 26 heavy (non-hydrogen) atoms. The number of primary amides is 1. The summed E-state index contributed by atoms with van der Waals surface area (Å²) in [5.74, 6) is 1.22. The van der Waals surface area contributed by atoms with E-state index in [1.807, 2.05) is 24.3 Å². The van der Waals surface area contributed by atoms with Crippen LogP contribution in [0.1, 0.15) is 34.6 Å². The van der Waals surface area contributed by atoms with Crippen LogP contribution in [0.3, 0.4) is 0 Å². The molecule has 7 nitrogen and oxygen atoms in total. The van der Waals surface area contributed by atoms with Gasteiger partial charge in [0.1, 0.15) is 0 Å². The Balaban J connectivity index is 1.74. The monoisotopic (exact) mass is 350 g/mol. The molecule has 0 bridgehead atoms. The van der Waals surface area contributed by atoms with E-state index in [9.17, 15) is 4.79 Å². The van der Waals surface area contributed by atoms with Gasteiger partial charge in [-0.2, -0.15) is 5.10 Å². The third kappa shape index (κ3) is 2.13. The molecule has 132 valence electrons. The molecule has 1 amide bonds. The molecule has 4 N–H and O–H groups in total. The average molecular weight is 350 g/mol. The smallest absolute Gasteiger partial charge is 0.269 e. The summed E-state index contributed by atoms with van der Waals surface area (Å²) in [4.78, 5) is 12.0. The minimum absolute atomic E-state index is 0.205. The van der Waals surface area contributed by atoms with Crippen LogP contribution >= 0.6 is 0 Å². The maximum Gasteiger partial charge on any atom is 0.269 e. The highest BCUT2D eigenvalue weighted by atomic mass is 16.7. The van der Waals surface area contributed by atoms with Gasteiger partial charge >= 0.3 is 0 Å². The molecule has 0 saturated carbocycles. The molecule has 2 aromatic rings. The minimum Gasteiger partial charge on any atom is -0.454 e. The summed E-state index contributed by atoms with van der Waals surface area (Å²) in [6.07, 6.45) is 6.66. The third-order valence-corrected chi connectivity index (χ3v) is 5.23. The van der Waals surface area contributed by atoms with Gasteiger partial charge in [-0.25, -0.2) is 4.68 Å². The number of rotatable bonds is 2. The fraction of sp³-hybridized carbons (Fsp3) is 0.263. The number of nitrogens with zero attached hydrogens (tertiary/aromatic N) is 2. The predicted molar refractivity (Wildman–Crippen MR) is 94.9 cm³/mol. The predicted octanol–water partition coefficient (Wildman–Crippen LogP) is 1.89. The summed E-state index contributed by atoms with van der Waals surface area (Å²) in [5, 5.41) is 4.55. The van der Waals surface area contributed by atoms with Crippen LogP contribution in [-0.4, -0.2) is 22.5 Å². The van der Waals surface area contributed by atoms with E-state index in [0.29, 0.717) is 23.1 Å². The number of amides is 1. The second kappa shape index (κ2) is 5.39. The Morgan fingerprint density at radius 3 is 2.96 bits per heavy atom. The SMILES string of the molecule is NC(=O)c1nn(-c2ccc3c(c2)OCO3)c2c1CCC1CC=C(N)C=C21. The van der Waals surface area contributed by atoms with Gasteiger partial charge in [-0.3, -0.25) is 4.79 Å². The Morgan fingerprint density at radius 2 is 2.12 bits per heavy atom. The molecule has 1 unspecified atom stereocenters. The van der Waals surface area contributed by atoms with Gasteiger partial charge in [0.25, 0.3) is 5.91 Å². The zero-order valence-electron chi connectivity index (χ0n) is 14.1. The largest absolute Gasteiger partial charge is 0.454 e. The van der Waals surface area contributed by atoms with E-state index in [1.54, 1.807) is 4.68 Å². The van der Waals surface area contributed by atoms with Crippen molar-refractivity contribution < 1.29 is 14.3 Å². The van der Waals surface area contributed by atoms with Gasteiger partial charge in [0.2, 0.25) is 6.79 Å². The number of benzene rings is 1. The molecule has 5 rings (SSSR count). The van der Waals surface area contributed by atoms with Crippen molar-refractivity contribution in [1.82, 2.24) is 9.78 Å². The van der Waals surface area contributed by atoms with Crippen LogP contribution in [-0.2, 0) is 6.42 Å². The number of hydrogen-bond donors (Lipinski definition) is 2. The molecule has 0 fully saturated rings. The van der Waals surface area contributed by atoms with Gasteiger partial charge < -0.3 is 20.9 Å². The number of carbonyl (C=O) groups excluding carboxylic acids is 1. The van der Waals surface area contributed by atoms with Crippen molar-refractivity contribution in [2.45, 2.75) is 19.3 Å². The van der Waals surface area contributed by atoms with Crippen molar-refractivity contribution in [1.29, 1.82) is 0 Å². The first kappa shape index (κ1) is 15.1. The van der Waals surface area contributed by atoms with E-state index in [2.05, 4.69) is 11.2 Å². The highest BCUT2D eigenvalue weighted by molar-refractivity contribution is 5.94. The van der Waals surface area contributed by atoms with Gasteiger partial charge in [-0.05, 0) is 49.0 Å². The lowest BCUT2D eigenvalue weighted by Gasteiger charge is -2.28. The number of carbonyl (C=O) groups is 1. The molecule has 2 heterocycles. The topological polar surface area (TPSA) is 105 Å². The fourth-order valence-corrected chi connectivity index (χ4v) is 4.00. The first-order valence-electron chi connectivity index (χ1n) is 8.61. The quantitative estimate of drug-likeness (QED) is 0.860. The summed E-state index contributed by atoms with van der Waals surface area (Å²) in [7, 11) is 0. The molecule has 1 aromatic carbocycles. The van der Waals surface area contributed by atoms with Gasteiger partial charge in [0.05, 0.1) is 11.4 Å². The lowest BCUT2D eigenvalue weighted by molar-refractivity contribution is 0.0994. The molecule has 1 atom stereocenters. The van der Waals surface area contributed by atoms with Gasteiger partial charge in [0.15, 0.2) is 17.2 Å². The summed E-state index contributed by atoms with van der Waals surface area (Å²) < 4.78 is 12.7. The van der Waals surface area contributed by atoms with Crippen molar-refractivity contribution in [2.75, 3.05) is 6.79 Å². The fourth-order valence-electron chi connectivity index (χ4n) is 4.00. The maximum absolute atomic E-state index is 12.0. The highest BCUT2D eigenvalue weighted by Crippen LogP contribution is 2.43. The summed E-state index contributed by atoms with van der Waals surface area (Å²) in [6.45, 7) is 0.205. The normalized spacial score (nSPS) is 20.1. The van der Waals surface area contributed by atoms with E-state index in [-0.39, 0.29) is 6.79 Å². The van der Waals surface area contributed by atoms with Crippen LogP contribution in [0, 0.1) is 5.92 Å². The van der Waals surface area contributed by atoms with Crippen LogP contribution in [0.25, 0.3) is 11.3 Å². The summed E-state index contributed by atoms with van der Waals surface area (Å²) >= 11 is 0. The van der Waals surface area contributed by atoms with Crippen LogP contribution in [0.2, 0.25) is 0 Å². The number of nitrogens with two attached hydrogens (primary N) is 2. The van der Waals surface area contributed by atoms with E-state index in [0.717, 1.165) is 47.5 Å². The van der Waals surface area contributed by atoms with Crippen molar-refractivity contribution in [3.05, 3.63) is 53.0 Å². The lowest BCUT2D eigenvalue weighted by atomic mass is 9.78. The second-order valence-electron chi connectivity index (χ2n) is 6.76. The molecule has 3 aliphatic rings. The number of aromatic nitrogens is 2. The van der Waals surface area contributed by atoms with E-state index in [1.165, 1.54) is 0 Å². The van der Waals surface area contributed by atoms with Gasteiger partial charge in [-0.15, -0.1) is 0 Å². The summed E-state index contributed by atoms with van der Waals surface area (Å²) in [5.41, 5.74) is 16.4. The third-order valence-electron chi connectivity index (χ3n) is 5.23. The van der Waals surface area contributed by atoms with Crippen LogP contribution in [0.4, 0.5) is 0 Å². The number of allylic oxidation sites excluding steroid dienone is 3. The van der Waals surface area contributed by atoms with Gasteiger partial charge in [0, 0.05) is 17.3 Å². The standard InChI is InChI=1S/C19H18N4O3/c20-11-3-1-10-2-5-13-17(19(21)24)22-23(18(13)14(10)7-11)12-4-6-15-16(8-12)26-9-25-15/h3-4,6-8,10H,1-2,5,9,20H2,(H2,21,24). The van der Waals surface area contributed by atoms with E-state index in [4.69, 9.17) is 20.9 Å². The molecule has 7 heteroatoms. The van der Waals surface area contributed by atoms with Crippen molar-refractivity contribution in [3.63, 3.8) is 0 Å². The Morgan fingerprint density at radius 1 is 1.27 bits per heavy atom. The Hall–Kier alpha value is -3.22. The number of hydrogen-bond acceptors (Lipinski definition) is 5. The Kier molecular flexibility index (Phi) is 3.12. The molecule has 0 spiro atoms. The van der Waals surface area contributed by atoms with E-state index >= 15 is 0 Å². The molecular formula is C19H18N4O3. The zero-order chi connectivity index (χ0) is 17.8. The molecule has 2 aliphatic carbocycles. The molecule has 1 aromatic heterocycles. The zero-order valence-corrected chi connectivity index (χ0v) is 14.1. The number of ether oxygens (including phenoxy) is 2. The molecule has 1 aliphatic heterocycles. The first-order chi connectivity index (χ1) is 12.6. The van der Waals surface area contributed by atoms with Crippen molar-refractivity contribution in [3.8, 4) is 17.2 Å². The maximum atomic E-state index is 12.0. The second-order valence-corrected chi connectivity index (χ2v) is 6.76. The molecule has 0 saturated heterocycles. The number of fused-ring (bicyclic) bond motifs is 4. The van der Waals surface area contributed by atoms with Crippen LogP contribution < -0.4 is 20.9 Å². The average Bonchev–Trinajstić information content (AvgIpc) is 3.25.